The summed E-state index contributed by atoms with van der Waals surface area (Å²) in [6.45, 7) is 6.59. The predicted molar refractivity (Wildman–Crippen MR) is 155 cm³/mol. The summed E-state index contributed by atoms with van der Waals surface area (Å²) in [7, 11) is 4.17. The van der Waals surface area contributed by atoms with Crippen LogP contribution in [0, 0.1) is 0 Å². The Kier molecular flexibility index (Phi) is 21.6. The Hall–Kier alpha value is -1.46. The number of aromatic nitrogens is 1. The molecule has 5 nitrogen and oxygen atoms in total. The van der Waals surface area contributed by atoms with Gasteiger partial charge in [0.2, 0.25) is 5.91 Å². The first kappa shape index (κ1) is 32.6. The number of rotatable bonds is 25. The highest BCUT2D eigenvalue weighted by Crippen LogP contribution is 2.13. The van der Waals surface area contributed by atoms with Crippen molar-refractivity contribution < 1.29 is 4.79 Å². The molecule has 0 saturated heterocycles. The first-order valence-electron chi connectivity index (χ1n) is 15.2. The van der Waals surface area contributed by atoms with Gasteiger partial charge >= 0.3 is 0 Å². The van der Waals surface area contributed by atoms with Gasteiger partial charge in [0.15, 0.2) is 0 Å². The fraction of sp³-hybridized carbons (Fsp3) is 0.806. The molecular formula is C31H58N4O. The van der Waals surface area contributed by atoms with Crippen molar-refractivity contribution in [2.24, 2.45) is 0 Å². The number of nitrogens with zero attached hydrogens (tertiary/aromatic N) is 3. The molecule has 1 heterocycles. The molecule has 0 aliphatic rings. The van der Waals surface area contributed by atoms with Crippen LogP contribution < -0.4 is 5.32 Å². The van der Waals surface area contributed by atoms with Crippen molar-refractivity contribution in [3.05, 3.63) is 30.1 Å². The van der Waals surface area contributed by atoms with Crippen molar-refractivity contribution in [2.45, 2.75) is 123 Å². The van der Waals surface area contributed by atoms with Crippen molar-refractivity contribution in [3.63, 3.8) is 0 Å². The molecule has 0 bridgehead atoms. The third kappa shape index (κ3) is 20.7. The van der Waals surface area contributed by atoms with E-state index in [1.54, 1.807) is 0 Å². The van der Waals surface area contributed by atoms with Crippen LogP contribution >= 0.6 is 0 Å². The van der Waals surface area contributed by atoms with Gasteiger partial charge in [-0.05, 0) is 32.6 Å². The molecule has 0 atom stereocenters. The predicted octanol–water partition coefficient (Wildman–Crippen LogP) is 7.21. The van der Waals surface area contributed by atoms with Gasteiger partial charge in [-0.25, -0.2) is 0 Å². The molecule has 0 fully saturated rings. The number of pyridine rings is 1. The molecule has 5 heteroatoms. The Labute approximate surface area is 223 Å². The average molecular weight is 503 g/mol. The number of nitrogens with one attached hydrogen (secondary N) is 1. The Bertz CT molecular complexity index is 608. The van der Waals surface area contributed by atoms with Gasteiger partial charge in [-0.15, -0.1) is 0 Å². The van der Waals surface area contributed by atoms with E-state index in [9.17, 15) is 4.79 Å². The van der Waals surface area contributed by atoms with E-state index < -0.39 is 0 Å². The summed E-state index contributed by atoms with van der Waals surface area (Å²) in [6.07, 6.45) is 24.4. The first-order valence-corrected chi connectivity index (χ1v) is 15.2. The van der Waals surface area contributed by atoms with Crippen LogP contribution in [0.4, 0.5) is 0 Å². The smallest absolute Gasteiger partial charge is 0.221 e. The molecule has 0 unspecified atom stereocenters. The molecule has 1 amide bonds. The fourth-order valence-electron chi connectivity index (χ4n) is 4.58. The molecule has 0 aromatic carbocycles. The van der Waals surface area contributed by atoms with Crippen LogP contribution in [0.25, 0.3) is 0 Å². The van der Waals surface area contributed by atoms with Crippen LogP contribution in [0.15, 0.2) is 24.4 Å². The van der Waals surface area contributed by atoms with Crippen LogP contribution in [0.2, 0.25) is 0 Å². The zero-order valence-corrected chi connectivity index (χ0v) is 24.1. The van der Waals surface area contributed by atoms with E-state index in [0.717, 1.165) is 44.8 Å². The number of carbonyl (C=O) groups is 1. The third-order valence-corrected chi connectivity index (χ3v) is 6.98. The molecule has 1 N–H and O–H groups in total. The fourth-order valence-corrected chi connectivity index (χ4v) is 4.58. The number of unbranched alkanes of at least 4 members (excludes halogenated alkanes) is 15. The molecular weight excluding hydrogens is 444 g/mol. The van der Waals surface area contributed by atoms with E-state index >= 15 is 0 Å². The second-order valence-electron chi connectivity index (χ2n) is 10.8. The molecule has 208 valence electrons. The maximum Gasteiger partial charge on any atom is 0.221 e. The topological polar surface area (TPSA) is 48.5 Å². The van der Waals surface area contributed by atoms with Gasteiger partial charge in [0.25, 0.3) is 0 Å². The highest BCUT2D eigenvalue weighted by molar-refractivity contribution is 5.75. The van der Waals surface area contributed by atoms with E-state index in [-0.39, 0.29) is 5.91 Å². The maximum atomic E-state index is 12.3. The van der Waals surface area contributed by atoms with Gasteiger partial charge in [-0.2, -0.15) is 0 Å². The van der Waals surface area contributed by atoms with Crippen LogP contribution in [0.3, 0.4) is 0 Å². The van der Waals surface area contributed by atoms with Crippen LogP contribution in [-0.4, -0.2) is 61.0 Å². The lowest BCUT2D eigenvalue weighted by Crippen LogP contribution is -2.35. The Morgan fingerprint density at radius 2 is 1.31 bits per heavy atom. The van der Waals surface area contributed by atoms with Crippen LogP contribution in [0.5, 0.6) is 0 Å². The summed E-state index contributed by atoms with van der Waals surface area (Å²) in [6, 6.07) is 6.02. The minimum absolute atomic E-state index is 0.173. The standard InChI is InChI=1S/C31H58N4O/c1-4-5-6-7-8-9-10-11-12-13-14-15-16-17-18-20-25-33-31(36)23-26-35(28-27-34(2)3)29-30-22-19-21-24-32-30/h19,21-22,24H,4-18,20,23,25-29H2,1-3H3,(H,33,36). The summed E-state index contributed by atoms with van der Waals surface area (Å²) >= 11 is 0. The van der Waals surface area contributed by atoms with E-state index in [4.69, 9.17) is 0 Å². The largest absolute Gasteiger partial charge is 0.356 e. The lowest BCUT2D eigenvalue weighted by molar-refractivity contribution is -0.121. The number of amides is 1. The zero-order valence-electron chi connectivity index (χ0n) is 24.1. The Morgan fingerprint density at radius 3 is 1.81 bits per heavy atom. The van der Waals surface area contributed by atoms with E-state index in [0.29, 0.717) is 6.42 Å². The third-order valence-electron chi connectivity index (χ3n) is 6.98. The lowest BCUT2D eigenvalue weighted by Gasteiger charge is -2.23. The molecule has 1 aromatic heterocycles. The summed E-state index contributed by atoms with van der Waals surface area (Å²) in [5.74, 6) is 0.173. The lowest BCUT2D eigenvalue weighted by atomic mass is 10.0. The number of hydrogen-bond acceptors (Lipinski definition) is 4. The SMILES string of the molecule is CCCCCCCCCCCCCCCCCCNC(=O)CCN(CCN(C)C)Cc1ccccn1. The van der Waals surface area contributed by atoms with E-state index in [1.165, 1.54) is 96.3 Å². The molecule has 0 saturated carbocycles. The van der Waals surface area contributed by atoms with Gasteiger partial charge in [0, 0.05) is 45.3 Å². The van der Waals surface area contributed by atoms with Crippen molar-refractivity contribution in [1.82, 2.24) is 20.1 Å². The molecule has 0 radical (unpaired) electrons. The van der Waals surface area contributed by atoms with Gasteiger partial charge in [0.05, 0.1) is 5.69 Å². The zero-order chi connectivity index (χ0) is 26.1. The number of carbonyl (C=O) groups excluding carboxylic acids is 1. The summed E-state index contributed by atoms with van der Waals surface area (Å²) < 4.78 is 0. The van der Waals surface area contributed by atoms with Crippen molar-refractivity contribution >= 4 is 5.91 Å². The normalized spacial score (nSPS) is 11.5. The van der Waals surface area contributed by atoms with Crippen molar-refractivity contribution in [1.29, 1.82) is 0 Å². The van der Waals surface area contributed by atoms with E-state index in [1.807, 2.05) is 18.3 Å². The first-order chi connectivity index (χ1) is 17.6. The maximum absolute atomic E-state index is 12.3. The van der Waals surface area contributed by atoms with E-state index in [2.05, 4.69) is 47.2 Å². The molecule has 0 spiro atoms. The minimum atomic E-state index is 0.173. The van der Waals surface area contributed by atoms with Gasteiger partial charge < -0.3 is 10.2 Å². The second-order valence-corrected chi connectivity index (χ2v) is 10.8. The van der Waals surface area contributed by atoms with Gasteiger partial charge in [-0.1, -0.05) is 109 Å². The number of likely N-dealkylation sites (N-methyl/N-ethyl adjacent to an activating group) is 1. The van der Waals surface area contributed by atoms with Crippen LogP contribution in [0.1, 0.15) is 122 Å². The molecule has 36 heavy (non-hydrogen) atoms. The monoisotopic (exact) mass is 502 g/mol. The average Bonchev–Trinajstić information content (AvgIpc) is 2.88. The summed E-state index contributed by atoms with van der Waals surface area (Å²) in [4.78, 5) is 21.3. The Balaban J connectivity index is 1.95. The molecule has 1 aromatic rings. The summed E-state index contributed by atoms with van der Waals surface area (Å²) in [5.41, 5.74) is 1.06. The highest BCUT2D eigenvalue weighted by Gasteiger charge is 2.10. The summed E-state index contributed by atoms with van der Waals surface area (Å²) in [5, 5.41) is 3.12. The Morgan fingerprint density at radius 1 is 0.750 bits per heavy atom. The minimum Gasteiger partial charge on any atom is -0.356 e. The van der Waals surface area contributed by atoms with Gasteiger partial charge in [-0.3, -0.25) is 14.7 Å². The van der Waals surface area contributed by atoms with Crippen molar-refractivity contribution in [2.75, 3.05) is 40.3 Å². The van der Waals surface area contributed by atoms with Crippen molar-refractivity contribution in [3.8, 4) is 0 Å². The molecule has 1 rings (SSSR count). The van der Waals surface area contributed by atoms with Gasteiger partial charge in [0.1, 0.15) is 0 Å². The molecule has 0 aliphatic heterocycles. The highest BCUT2D eigenvalue weighted by atomic mass is 16.1. The van der Waals surface area contributed by atoms with Crippen LogP contribution in [-0.2, 0) is 11.3 Å². The molecule has 0 aliphatic carbocycles. The number of hydrogen-bond donors (Lipinski definition) is 1. The quantitative estimate of drug-likeness (QED) is 0.143. The second kappa shape index (κ2) is 23.9.